The van der Waals surface area contributed by atoms with Crippen molar-refractivity contribution in [3.63, 3.8) is 0 Å². The number of hydrogen-bond acceptors (Lipinski definition) is 7. The van der Waals surface area contributed by atoms with E-state index in [-0.39, 0.29) is 55.1 Å². The predicted octanol–water partition coefficient (Wildman–Crippen LogP) is 5.02. The van der Waals surface area contributed by atoms with Crippen molar-refractivity contribution in [2.24, 2.45) is 23.7 Å². The van der Waals surface area contributed by atoms with Crippen LogP contribution in [0.25, 0.3) is 0 Å². The summed E-state index contributed by atoms with van der Waals surface area (Å²) < 4.78 is 34.3. The maximum absolute atomic E-state index is 11.5. The molecule has 0 amide bonds. The molecule has 35 heavy (non-hydrogen) atoms. The van der Waals surface area contributed by atoms with E-state index in [1.165, 1.54) is 0 Å². The molecule has 0 bridgehead atoms. The van der Waals surface area contributed by atoms with Crippen molar-refractivity contribution in [2.45, 2.75) is 71.7 Å². The maximum atomic E-state index is 11.5. The van der Waals surface area contributed by atoms with Crippen LogP contribution in [0.4, 0.5) is 0 Å². The first-order valence-corrected chi connectivity index (χ1v) is 12.5. The highest BCUT2D eigenvalue weighted by Gasteiger charge is 2.42. The van der Waals surface area contributed by atoms with E-state index in [1.54, 1.807) is 21.3 Å². The number of allylic oxidation sites excluding steroid dienone is 1. The molecule has 7 heteroatoms. The summed E-state index contributed by atoms with van der Waals surface area (Å²) in [6.07, 6.45) is 6.49. The molecule has 1 saturated heterocycles. The van der Waals surface area contributed by atoms with Gasteiger partial charge < -0.3 is 33.2 Å². The van der Waals surface area contributed by atoms with Crippen LogP contribution in [-0.2, 0) is 35.1 Å². The summed E-state index contributed by atoms with van der Waals surface area (Å²) in [6.45, 7) is 8.94. The molecule has 0 spiro atoms. The molecular weight excluding hydrogens is 448 g/mol. The number of ether oxygens (including phenoxy) is 6. The van der Waals surface area contributed by atoms with Crippen LogP contribution >= 0.6 is 0 Å². The Hall–Kier alpha value is -1.77. The molecular formula is C28H44O7. The second-order valence-corrected chi connectivity index (χ2v) is 9.52. The molecule has 0 aromatic heterocycles. The van der Waals surface area contributed by atoms with Gasteiger partial charge in [0.25, 0.3) is 0 Å². The first-order chi connectivity index (χ1) is 16.9. The topological polar surface area (TPSA) is 72.5 Å². The van der Waals surface area contributed by atoms with Crippen LogP contribution in [0.15, 0.2) is 36.4 Å². The molecule has 1 aliphatic rings. The molecule has 1 heterocycles. The predicted molar refractivity (Wildman–Crippen MR) is 135 cm³/mol. The van der Waals surface area contributed by atoms with Crippen molar-refractivity contribution in [1.82, 2.24) is 0 Å². The Kier molecular flexibility index (Phi) is 12.9. The fourth-order valence-corrected chi connectivity index (χ4v) is 4.77. The molecule has 198 valence electrons. The Morgan fingerprint density at radius 1 is 1.03 bits per heavy atom. The van der Waals surface area contributed by atoms with Crippen molar-refractivity contribution in [1.29, 1.82) is 0 Å². The number of rotatable bonds is 15. The number of methoxy groups -OCH3 is 3. The number of carbonyl (C=O) groups excluding carboxylic acids is 1. The van der Waals surface area contributed by atoms with Crippen LogP contribution in [0.3, 0.4) is 0 Å². The molecule has 0 N–H and O–H groups in total. The fourth-order valence-electron chi connectivity index (χ4n) is 4.77. The SMILES string of the molecule is COCO[C@H]1[C@@H](C)[C@H](CC/C=C\[C@H](C)[C@H](OCc2ccc(OC)cc2)[C@@H](C)C=O)O[C@@H](OC)[C@@H]1C. The highest BCUT2D eigenvalue weighted by atomic mass is 16.7. The van der Waals surface area contributed by atoms with E-state index in [0.29, 0.717) is 6.61 Å². The monoisotopic (exact) mass is 492 g/mol. The normalized spacial score (nSPS) is 27.5. The third-order valence-electron chi connectivity index (χ3n) is 6.88. The standard InChI is InChI=1S/C28H44O7/c1-19(26(20(2)16-29)33-17-23-12-14-24(31-6)15-13-23)10-8-9-11-25-21(3)27(34-18-30-5)22(4)28(32-7)35-25/h8,10,12-16,19-22,25-28H,9,11,17-18H2,1-7H3/b10-8-/t19-,20-,21-,22+,25-,26-,27-,28+/m0/s1. The Morgan fingerprint density at radius 3 is 2.34 bits per heavy atom. The summed E-state index contributed by atoms with van der Waals surface area (Å²) in [6, 6.07) is 7.78. The van der Waals surface area contributed by atoms with Crippen molar-refractivity contribution in [2.75, 3.05) is 28.1 Å². The van der Waals surface area contributed by atoms with Gasteiger partial charge in [-0.2, -0.15) is 0 Å². The summed E-state index contributed by atoms with van der Waals surface area (Å²) in [7, 11) is 4.95. The molecule has 0 aliphatic carbocycles. The lowest BCUT2D eigenvalue weighted by Gasteiger charge is -2.43. The van der Waals surface area contributed by atoms with E-state index in [9.17, 15) is 4.79 Å². The zero-order valence-electron chi connectivity index (χ0n) is 22.3. The van der Waals surface area contributed by atoms with E-state index in [2.05, 4.69) is 32.9 Å². The first kappa shape index (κ1) is 29.5. The quantitative estimate of drug-likeness (QED) is 0.193. The van der Waals surface area contributed by atoms with Gasteiger partial charge in [0.15, 0.2) is 6.29 Å². The van der Waals surface area contributed by atoms with Crippen LogP contribution in [0.5, 0.6) is 5.75 Å². The molecule has 7 nitrogen and oxygen atoms in total. The van der Waals surface area contributed by atoms with Gasteiger partial charge in [-0.25, -0.2) is 0 Å². The van der Waals surface area contributed by atoms with Crippen molar-refractivity contribution in [3.8, 4) is 5.75 Å². The Balaban J connectivity index is 1.92. The van der Waals surface area contributed by atoms with Crippen LogP contribution < -0.4 is 4.74 Å². The fraction of sp³-hybridized carbons (Fsp3) is 0.679. The first-order valence-electron chi connectivity index (χ1n) is 12.5. The summed E-state index contributed by atoms with van der Waals surface area (Å²) in [5.41, 5.74) is 1.04. The summed E-state index contributed by atoms with van der Waals surface area (Å²) >= 11 is 0. The summed E-state index contributed by atoms with van der Waals surface area (Å²) in [5.74, 6) is 1.01. The van der Waals surface area contributed by atoms with E-state index in [0.717, 1.165) is 30.4 Å². The van der Waals surface area contributed by atoms with Gasteiger partial charge in [0.05, 0.1) is 32.0 Å². The lowest BCUT2D eigenvalue weighted by molar-refractivity contribution is -0.271. The molecule has 0 saturated carbocycles. The second-order valence-electron chi connectivity index (χ2n) is 9.52. The number of aldehydes is 1. The minimum atomic E-state index is -0.301. The van der Waals surface area contributed by atoms with E-state index in [1.807, 2.05) is 31.2 Å². The van der Waals surface area contributed by atoms with Gasteiger partial charge in [0, 0.05) is 37.9 Å². The van der Waals surface area contributed by atoms with Gasteiger partial charge in [0.2, 0.25) is 0 Å². The van der Waals surface area contributed by atoms with Crippen molar-refractivity contribution in [3.05, 3.63) is 42.0 Å². The van der Waals surface area contributed by atoms with E-state index < -0.39 is 0 Å². The largest absolute Gasteiger partial charge is 0.497 e. The Morgan fingerprint density at radius 2 is 1.74 bits per heavy atom. The molecule has 0 unspecified atom stereocenters. The Labute approximate surface area is 211 Å². The number of benzene rings is 1. The zero-order chi connectivity index (χ0) is 25.8. The molecule has 1 aromatic carbocycles. The molecule has 8 atom stereocenters. The van der Waals surface area contributed by atoms with Crippen molar-refractivity contribution < 1.29 is 33.2 Å². The van der Waals surface area contributed by atoms with Gasteiger partial charge in [-0.1, -0.05) is 52.0 Å². The van der Waals surface area contributed by atoms with Gasteiger partial charge in [-0.05, 0) is 30.5 Å². The molecule has 0 radical (unpaired) electrons. The van der Waals surface area contributed by atoms with E-state index >= 15 is 0 Å². The van der Waals surface area contributed by atoms with Crippen molar-refractivity contribution >= 4 is 6.29 Å². The zero-order valence-corrected chi connectivity index (χ0v) is 22.3. The average Bonchev–Trinajstić information content (AvgIpc) is 2.87. The van der Waals surface area contributed by atoms with E-state index in [4.69, 9.17) is 28.4 Å². The van der Waals surface area contributed by atoms with Gasteiger partial charge in [-0.3, -0.25) is 0 Å². The van der Waals surface area contributed by atoms with Gasteiger partial charge >= 0.3 is 0 Å². The summed E-state index contributed by atoms with van der Waals surface area (Å²) in [4.78, 5) is 11.5. The second kappa shape index (κ2) is 15.4. The molecule has 1 aliphatic heterocycles. The highest BCUT2D eigenvalue weighted by molar-refractivity contribution is 5.54. The highest BCUT2D eigenvalue weighted by Crippen LogP contribution is 2.34. The van der Waals surface area contributed by atoms with Crippen LogP contribution in [-0.4, -0.2) is 59.0 Å². The summed E-state index contributed by atoms with van der Waals surface area (Å²) in [5, 5.41) is 0. The van der Waals surface area contributed by atoms with Gasteiger partial charge in [0.1, 0.15) is 18.8 Å². The Bertz CT molecular complexity index is 750. The number of carbonyl (C=O) groups is 1. The lowest BCUT2D eigenvalue weighted by atomic mass is 9.84. The lowest BCUT2D eigenvalue weighted by Crippen LogP contribution is -2.50. The maximum Gasteiger partial charge on any atom is 0.162 e. The van der Waals surface area contributed by atoms with Crippen LogP contribution in [0.1, 0.15) is 46.1 Å². The van der Waals surface area contributed by atoms with Crippen LogP contribution in [0.2, 0.25) is 0 Å². The minimum absolute atomic E-state index is 0.00530. The third kappa shape index (κ3) is 8.69. The smallest absolute Gasteiger partial charge is 0.162 e. The molecule has 1 fully saturated rings. The molecule has 1 aromatic rings. The van der Waals surface area contributed by atoms with Crippen LogP contribution in [0, 0.1) is 23.7 Å². The van der Waals surface area contributed by atoms with Gasteiger partial charge in [-0.15, -0.1) is 0 Å². The third-order valence-corrected chi connectivity index (χ3v) is 6.88. The molecule has 2 rings (SSSR count). The minimum Gasteiger partial charge on any atom is -0.497 e. The number of hydrogen-bond donors (Lipinski definition) is 0. The average molecular weight is 493 g/mol.